The quantitative estimate of drug-likeness (QED) is 0.0222. The van der Waals surface area contributed by atoms with Crippen molar-refractivity contribution in [3.63, 3.8) is 0 Å². The number of phosphoric acid groups is 2. The molecule has 19 heteroatoms. The van der Waals surface area contributed by atoms with Crippen LogP contribution in [-0.2, 0) is 65.4 Å². The van der Waals surface area contributed by atoms with Crippen LogP contribution in [0.4, 0.5) is 0 Å². The summed E-state index contributed by atoms with van der Waals surface area (Å²) in [6.07, 6.45) is 54.1. The number of hydrogen-bond donors (Lipinski definition) is 3. The van der Waals surface area contributed by atoms with Gasteiger partial charge in [-0.15, -0.1) is 0 Å². The minimum atomic E-state index is -4.96. The Morgan fingerprint density at radius 2 is 0.531 bits per heavy atom. The van der Waals surface area contributed by atoms with E-state index in [-0.39, 0.29) is 25.7 Å². The Kier molecular flexibility index (Phi) is 66.2. The largest absolute Gasteiger partial charge is 0.472 e. The van der Waals surface area contributed by atoms with Gasteiger partial charge in [0.05, 0.1) is 26.4 Å². The maximum absolute atomic E-state index is 13.1. The summed E-state index contributed by atoms with van der Waals surface area (Å²) in [4.78, 5) is 72.8. The Morgan fingerprint density at radius 1 is 0.302 bits per heavy atom. The third kappa shape index (κ3) is 67.9. The molecule has 0 rings (SSSR count). The highest BCUT2D eigenvalue weighted by atomic mass is 31.2. The Labute approximate surface area is 588 Å². The van der Waals surface area contributed by atoms with E-state index in [4.69, 9.17) is 37.0 Å². The molecule has 3 N–H and O–H groups in total. The fourth-order valence-corrected chi connectivity index (χ4v) is 13.3. The van der Waals surface area contributed by atoms with Crippen LogP contribution in [0.15, 0.2) is 0 Å². The first-order chi connectivity index (χ1) is 46.3. The van der Waals surface area contributed by atoms with Crippen LogP contribution in [0.1, 0.15) is 395 Å². The van der Waals surface area contributed by atoms with Crippen molar-refractivity contribution in [1.82, 2.24) is 0 Å². The predicted octanol–water partition coefficient (Wildman–Crippen LogP) is 22.6. The number of ether oxygens (including phenoxy) is 4. The van der Waals surface area contributed by atoms with Gasteiger partial charge in [-0.05, 0) is 43.4 Å². The van der Waals surface area contributed by atoms with Crippen molar-refractivity contribution < 1.29 is 80.2 Å². The van der Waals surface area contributed by atoms with Crippen LogP contribution < -0.4 is 0 Å². The molecular formula is C77H150O17P2. The topological polar surface area (TPSA) is 237 Å². The molecule has 0 radical (unpaired) electrons. The highest BCUT2D eigenvalue weighted by molar-refractivity contribution is 7.47. The van der Waals surface area contributed by atoms with Crippen LogP contribution in [0, 0.1) is 17.8 Å². The van der Waals surface area contributed by atoms with E-state index in [0.717, 1.165) is 114 Å². The SMILES string of the molecule is CCCCCCCCCCCCCCCCCC(=O)OC[C@H](COP(=O)(O)OC[C@@H](O)COP(=O)(O)OC[C@@H](COC(=O)CCCCCCCCC(C)CC)OC(=O)CCCCCCCCCCC(C)CC)OC(=O)CCCCCCCCCCCCCCCCCCC(C)C. The third-order valence-corrected chi connectivity index (χ3v) is 20.5. The van der Waals surface area contributed by atoms with Gasteiger partial charge in [-0.2, -0.15) is 0 Å². The van der Waals surface area contributed by atoms with E-state index in [0.29, 0.717) is 25.7 Å². The van der Waals surface area contributed by atoms with Crippen molar-refractivity contribution in [3.05, 3.63) is 0 Å². The van der Waals surface area contributed by atoms with E-state index in [1.807, 2.05) is 0 Å². The lowest BCUT2D eigenvalue weighted by Crippen LogP contribution is -2.30. The van der Waals surface area contributed by atoms with E-state index in [2.05, 4.69) is 48.5 Å². The minimum absolute atomic E-state index is 0.104. The normalized spacial score (nSPS) is 14.6. The Morgan fingerprint density at radius 3 is 0.792 bits per heavy atom. The number of rotatable bonds is 75. The lowest BCUT2D eigenvalue weighted by Gasteiger charge is -2.21. The zero-order valence-corrected chi connectivity index (χ0v) is 64.6. The molecule has 0 heterocycles. The van der Waals surface area contributed by atoms with E-state index in [1.165, 1.54) is 199 Å². The summed E-state index contributed by atoms with van der Waals surface area (Å²) >= 11 is 0. The van der Waals surface area contributed by atoms with Gasteiger partial charge in [0, 0.05) is 25.7 Å². The van der Waals surface area contributed by atoms with Crippen molar-refractivity contribution in [2.45, 2.75) is 414 Å². The Hall–Kier alpha value is -1.94. The van der Waals surface area contributed by atoms with Gasteiger partial charge < -0.3 is 33.8 Å². The summed E-state index contributed by atoms with van der Waals surface area (Å²) in [5, 5.41) is 10.6. The number of hydrogen-bond acceptors (Lipinski definition) is 15. The molecule has 0 aromatic heterocycles. The molecule has 0 fully saturated rings. The number of carbonyl (C=O) groups is 4. The fourth-order valence-electron chi connectivity index (χ4n) is 11.7. The summed E-state index contributed by atoms with van der Waals surface area (Å²) in [7, 11) is -9.91. The molecule has 0 spiro atoms. The molecule has 0 amide bonds. The van der Waals surface area contributed by atoms with Crippen LogP contribution in [0.3, 0.4) is 0 Å². The molecule has 570 valence electrons. The number of carbonyl (C=O) groups excluding carboxylic acids is 4. The van der Waals surface area contributed by atoms with Crippen LogP contribution in [0.25, 0.3) is 0 Å². The summed E-state index contributed by atoms with van der Waals surface area (Å²) in [5.74, 6) is 0.191. The van der Waals surface area contributed by atoms with E-state index >= 15 is 0 Å². The van der Waals surface area contributed by atoms with Crippen molar-refractivity contribution in [3.8, 4) is 0 Å². The van der Waals surface area contributed by atoms with Gasteiger partial charge in [0.2, 0.25) is 0 Å². The molecule has 0 aromatic carbocycles. The fraction of sp³-hybridized carbons (Fsp3) is 0.948. The molecule has 17 nitrogen and oxygen atoms in total. The number of aliphatic hydroxyl groups excluding tert-OH is 1. The number of esters is 4. The molecule has 96 heavy (non-hydrogen) atoms. The molecule has 0 bridgehead atoms. The van der Waals surface area contributed by atoms with Gasteiger partial charge in [0.1, 0.15) is 19.3 Å². The van der Waals surface area contributed by atoms with E-state index in [1.54, 1.807) is 0 Å². The lowest BCUT2D eigenvalue weighted by atomic mass is 9.99. The van der Waals surface area contributed by atoms with Gasteiger partial charge in [0.15, 0.2) is 12.2 Å². The number of unbranched alkanes of at least 4 members (excludes halogenated alkanes) is 41. The molecule has 7 atom stereocenters. The molecular weight excluding hydrogens is 1260 g/mol. The highest BCUT2D eigenvalue weighted by Gasteiger charge is 2.30. The van der Waals surface area contributed by atoms with Gasteiger partial charge in [-0.3, -0.25) is 37.3 Å². The third-order valence-electron chi connectivity index (χ3n) is 18.6. The van der Waals surface area contributed by atoms with Gasteiger partial charge in [0.25, 0.3) is 0 Å². The second kappa shape index (κ2) is 67.5. The van der Waals surface area contributed by atoms with E-state index in [9.17, 15) is 43.2 Å². The van der Waals surface area contributed by atoms with Gasteiger partial charge in [-0.25, -0.2) is 9.13 Å². The molecule has 0 aliphatic heterocycles. The maximum atomic E-state index is 13.1. The molecule has 4 unspecified atom stereocenters. The van der Waals surface area contributed by atoms with Crippen molar-refractivity contribution in [2.24, 2.45) is 17.8 Å². The average Bonchev–Trinajstić information content (AvgIpc) is 1.14. The van der Waals surface area contributed by atoms with Crippen molar-refractivity contribution in [1.29, 1.82) is 0 Å². The molecule has 0 aliphatic rings. The first-order valence-electron chi connectivity index (χ1n) is 39.9. The molecule has 0 aliphatic carbocycles. The maximum Gasteiger partial charge on any atom is 0.472 e. The average molecular weight is 1410 g/mol. The zero-order chi connectivity index (χ0) is 70.9. The Bertz CT molecular complexity index is 1870. The summed E-state index contributed by atoms with van der Waals surface area (Å²) in [6.45, 7) is 11.9. The van der Waals surface area contributed by atoms with Crippen molar-refractivity contribution in [2.75, 3.05) is 39.6 Å². The van der Waals surface area contributed by atoms with Gasteiger partial charge in [-0.1, -0.05) is 344 Å². The number of aliphatic hydroxyl groups is 1. The summed E-state index contributed by atoms with van der Waals surface area (Å²) in [5.41, 5.74) is 0. The first kappa shape index (κ1) is 94.1. The predicted molar refractivity (Wildman–Crippen MR) is 391 cm³/mol. The Balaban J connectivity index is 5.24. The number of phosphoric ester groups is 2. The first-order valence-corrected chi connectivity index (χ1v) is 42.9. The lowest BCUT2D eigenvalue weighted by molar-refractivity contribution is -0.161. The van der Waals surface area contributed by atoms with Gasteiger partial charge >= 0.3 is 39.5 Å². The zero-order valence-electron chi connectivity index (χ0n) is 62.8. The summed E-state index contributed by atoms with van der Waals surface area (Å²) < 4.78 is 68.6. The molecule has 0 saturated heterocycles. The smallest absolute Gasteiger partial charge is 0.462 e. The van der Waals surface area contributed by atoms with Crippen LogP contribution in [-0.4, -0.2) is 96.7 Å². The second-order valence-corrected chi connectivity index (χ2v) is 31.6. The standard InChI is InChI=1S/C77H150O17P2/c1-8-11-12-13-14-15-16-17-20-24-27-30-36-44-51-58-74(79)87-64-72(93-76(81)60-53-46-37-31-28-25-22-19-18-21-23-26-29-34-41-48-55-68(4)5)66-91-95(83,84)89-62-71(78)63-90-96(85,86)92-67-73(65-88-75(80)59-52-45-40-39-43-50-57-70(7)10-3)94-77(82)61-54-47-38-33-32-35-42-49-56-69(6)9-2/h68-73,78H,8-67H2,1-7H3,(H,83,84)(H,85,86)/t69?,70?,71-,72-,73-/m1/s1. The molecule has 0 aromatic rings. The summed E-state index contributed by atoms with van der Waals surface area (Å²) in [6, 6.07) is 0. The minimum Gasteiger partial charge on any atom is -0.462 e. The van der Waals surface area contributed by atoms with Crippen molar-refractivity contribution >= 4 is 39.5 Å². The van der Waals surface area contributed by atoms with E-state index < -0.39 is 97.5 Å². The van der Waals surface area contributed by atoms with Crippen LogP contribution >= 0.6 is 15.6 Å². The monoisotopic (exact) mass is 1410 g/mol. The van der Waals surface area contributed by atoms with Crippen LogP contribution in [0.5, 0.6) is 0 Å². The van der Waals surface area contributed by atoms with Crippen LogP contribution in [0.2, 0.25) is 0 Å². The molecule has 0 saturated carbocycles. The highest BCUT2D eigenvalue weighted by Crippen LogP contribution is 2.45. The second-order valence-electron chi connectivity index (χ2n) is 28.7.